The molecule has 0 aliphatic carbocycles. The van der Waals surface area contributed by atoms with Crippen molar-refractivity contribution in [2.24, 2.45) is 0 Å². The van der Waals surface area contributed by atoms with E-state index in [0.717, 1.165) is 6.20 Å². The van der Waals surface area contributed by atoms with Crippen LogP contribution in [0.15, 0.2) is 6.20 Å². The maximum absolute atomic E-state index is 12.3. The lowest BCUT2D eigenvalue weighted by molar-refractivity contribution is -0.274. The van der Waals surface area contributed by atoms with E-state index in [2.05, 4.69) is 14.5 Å². The summed E-state index contributed by atoms with van der Waals surface area (Å²) in [6, 6.07) is 0. The molecule has 0 aliphatic heterocycles. The molecule has 0 fully saturated rings. The van der Waals surface area contributed by atoms with Crippen molar-refractivity contribution in [1.82, 2.24) is 4.98 Å². The molecular formula is C11H11ClF3NO4. The normalized spacial score (nSPS) is 11.1. The van der Waals surface area contributed by atoms with Gasteiger partial charge >= 0.3 is 12.3 Å². The number of esters is 1. The van der Waals surface area contributed by atoms with Gasteiger partial charge in [-0.25, -0.2) is 4.79 Å². The Bertz CT molecular complexity index is 493. The largest absolute Gasteiger partial charge is 0.573 e. The van der Waals surface area contributed by atoms with Crippen molar-refractivity contribution in [2.75, 3.05) is 13.7 Å². The fraction of sp³-hybridized carbons (Fsp3) is 0.455. The first-order valence-electron chi connectivity index (χ1n) is 5.38. The lowest BCUT2D eigenvalue weighted by Gasteiger charge is -2.16. The van der Waals surface area contributed by atoms with Crippen LogP contribution in [0.4, 0.5) is 13.2 Å². The van der Waals surface area contributed by atoms with Crippen LogP contribution in [0, 0.1) is 0 Å². The summed E-state index contributed by atoms with van der Waals surface area (Å²) < 4.78 is 50.3. The molecule has 112 valence electrons. The Balaban J connectivity index is 3.39. The molecule has 0 atom stereocenters. The van der Waals surface area contributed by atoms with Gasteiger partial charge in [0, 0.05) is 0 Å². The summed E-state index contributed by atoms with van der Waals surface area (Å²) in [4.78, 5) is 15.4. The van der Waals surface area contributed by atoms with E-state index in [4.69, 9.17) is 16.3 Å². The molecule has 0 bridgehead atoms. The summed E-state index contributed by atoms with van der Waals surface area (Å²) >= 11 is 5.59. The Morgan fingerprint density at radius 1 is 1.45 bits per heavy atom. The number of hydrogen-bond acceptors (Lipinski definition) is 5. The van der Waals surface area contributed by atoms with Crippen LogP contribution in [-0.4, -0.2) is 31.0 Å². The first-order valence-corrected chi connectivity index (χ1v) is 5.92. The summed E-state index contributed by atoms with van der Waals surface area (Å²) in [5.41, 5.74) is -0.399. The van der Waals surface area contributed by atoms with Gasteiger partial charge in [-0.05, 0) is 6.92 Å². The van der Waals surface area contributed by atoms with E-state index in [1.165, 1.54) is 14.0 Å². The maximum atomic E-state index is 12.3. The fourth-order valence-corrected chi connectivity index (χ4v) is 1.62. The highest BCUT2D eigenvalue weighted by Gasteiger charge is 2.35. The van der Waals surface area contributed by atoms with Gasteiger partial charge in [0.1, 0.15) is 5.56 Å². The van der Waals surface area contributed by atoms with Gasteiger partial charge in [0.25, 0.3) is 0 Å². The van der Waals surface area contributed by atoms with Crippen molar-refractivity contribution < 1.29 is 32.2 Å². The number of carbonyl (C=O) groups excluding carboxylic acids is 1. The fourth-order valence-electron chi connectivity index (χ4n) is 1.43. The molecule has 0 aliphatic rings. The predicted molar refractivity (Wildman–Crippen MR) is 63.0 cm³/mol. The molecule has 0 amide bonds. The number of ether oxygens (including phenoxy) is 3. The summed E-state index contributed by atoms with van der Waals surface area (Å²) in [5, 5.41) is 0. The molecule has 1 rings (SSSR count). The van der Waals surface area contributed by atoms with E-state index in [1.807, 2.05) is 0 Å². The minimum atomic E-state index is -4.98. The Hall–Kier alpha value is -1.70. The van der Waals surface area contributed by atoms with Gasteiger partial charge in [-0.2, -0.15) is 0 Å². The SMILES string of the molecule is CCOC(=O)c1c(OC(F)(F)F)cnc(CCl)c1OC. The van der Waals surface area contributed by atoms with Crippen LogP contribution in [0.1, 0.15) is 23.0 Å². The Morgan fingerprint density at radius 2 is 2.10 bits per heavy atom. The third-order valence-corrected chi connectivity index (χ3v) is 2.36. The third-order valence-electron chi connectivity index (χ3n) is 2.11. The van der Waals surface area contributed by atoms with E-state index in [0.29, 0.717) is 0 Å². The predicted octanol–water partition coefficient (Wildman–Crippen LogP) is 2.90. The molecule has 0 aromatic carbocycles. The topological polar surface area (TPSA) is 57.7 Å². The monoisotopic (exact) mass is 313 g/mol. The molecule has 1 heterocycles. The molecule has 0 unspecified atom stereocenters. The number of methoxy groups -OCH3 is 1. The number of halogens is 4. The van der Waals surface area contributed by atoms with Gasteiger partial charge in [-0.3, -0.25) is 4.98 Å². The lowest BCUT2D eigenvalue weighted by Crippen LogP contribution is -2.20. The first kappa shape index (κ1) is 16.4. The van der Waals surface area contributed by atoms with Crippen molar-refractivity contribution in [2.45, 2.75) is 19.2 Å². The Morgan fingerprint density at radius 3 is 2.55 bits per heavy atom. The summed E-state index contributed by atoms with van der Waals surface area (Å²) in [6.07, 6.45) is -4.23. The molecule has 1 aromatic rings. The summed E-state index contributed by atoms with van der Waals surface area (Å²) in [6.45, 7) is 1.49. The number of rotatable bonds is 5. The highest BCUT2D eigenvalue weighted by atomic mass is 35.5. The lowest BCUT2D eigenvalue weighted by atomic mass is 10.2. The van der Waals surface area contributed by atoms with Gasteiger partial charge in [0.05, 0.1) is 31.5 Å². The molecule has 0 radical (unpaired) electrons. The minimum absolute atomic E-state index is 0.0218. The highest BCUT2D eigenvalue weighted by Crippen LogP contribution is 2.35. The van der Waals surface area contributed by atoms with Crippen LogP contribution < -0.4 is 9.47 Å². The van der Waals surface area contributed by atoms with Crippen molar-refractivity contribution in [3.8, 4) is 11.5 Å². The number of alkyl halides is 4. The number of carbonyl (C=O) groups is 1. The van der Waals surface area contributed by atoms with Crippen LogP contribution in [0.5, 0.6) is 11.5 Å². The van der Waals surface area contributed by atoms with Gasteiger partial charge in [-0.15, -0.1) is 24.8 Å². The van der Waals surface area contributed by atoms with Crippen LogP contribution >= 0.6 is 11.6 Å². The molecule has 9 heteroatoms. The zero-order valence-corrected chi connectivity index (χ0v) is 11.3. The van der Waals surface area contributed by atoms with Crippen molar-refractivity contribution >= 4 is 17.6 Å². The van der Waals surface area contributed by atoms with Crippen molar-refractivity contribution in [1.29, 1.82) is 0 Å². The zero-order valence-electron chi connectivity index (χ0n) is 10.6. The Kier molecular flexibility index (Phi) is 5.43. The highest BCUT2D eigenvalue weighted by molar-refractivity contribution is 6.17. The van der Waals surface area contributed by atoms with E-state index in [-0.39, 0.29) is 23.9 Å². The van der Waals surface area contributed by atoms with Crippen molar-refractivity contribution in [3.05, 3.63) is 17.5 Å². The number of pyridine rings is 1. The van der Waals surface area contributed by atoms with Crippen molar-refractivity contribution in [3.63, 3.8) is 0 Å². The van der Waals surface area contributed by atoms with Crippen LogP contribution in [0.25, 0.3) is 0 Å². The molecule has 0 saturated carbocycles. The smallest absolute Gasteiger partial charge is 0.494 e. The summed E-state index contributed by atoms with van der Waals surface area (Å²) in [5.74, 6) is -2.18. The van der Waals surface area contributed by atoms with E-state index in [9.17, 15) is 18.0 Å². The van der Waals surface area contributed by atoms with Crippen LogP contribution in [0.2, 0.25) is 0 Å². The van der Waals surface area contributed by atoms with Crippen LogP contribution in [0.3, 0.4) is 0 Å². The second-order valence-electron chi connectivity index (χ2n) is 3.38. The van der Waals surface area contributed by atoms with Gasteiger partial charge in [-0.1, -0.05) is 0 Å². The first-order chi connectivity index (χ1) is 9.34. The Labute approximate surface area is 117 Å². The zero-order chi connectivity index (χ0) is 15.3. The summed E-state index contributed by atoms with van der Waals surface area (Å²) in [7, 11) is 1.17. The molecule has 5 nitrogen and oxygen atoms in total. The quantitative estimate of drug-likeness (QED) is 0.618. The number of nitrogens with zero attached hydrogens (tertiary/aromatic N) is 1. The van der Waals surface area contributed by atoms with E-state index in [1.54, 1.807) is 0 Å². The van der Waals surface area contributed by atoms with Gasteiger partial charge < -0.3 is 14.2 Å². The molecule has 0 N–H and O–H groups in total. The van der Waals surface area contributed by atoms with Gasteiger partial charge in [0.2, 0.25) is 0 Å². The average molecular weight is 314 g/mol. The number of aromatic nitrogens is 1. The standard InChI is InChI=1S/C11H11ClF3NO4/c1-3-19-10(17)8-7(20-11(13,14)15)5-16-6(4-12)9(8)18-2/h5H,3-4H2,1-2H3. The molecule has 0 spiro atoms. The second kappa shape index (κ2) is 6.65. The molecule has 0 saturated heterocycles. The third kappa shape index (κ3) is 3.89. The second-order valence-corrected chi connectivity index (χ2v) is 3.65. The average Bonchev–Trinajstić information content (AvgIpc) is 2.36. The molecule has 20 heavy (non-hydrogen) atoms. The van der Waals surface area contributed by atoms with E-state index < -0.39 is 23.6 Å². The number of hydrogen-bond donors (Lipinski definition) is 0. The van der Waals surface area contributed by atoms with Gasteiger partial charge in [0.15, 0.2) is 11.5 Å². The molecular weight excluding hydrogens is 303 g/mol. The maximum Gasteiger partial charge on any atom is 0.573 e. The van der Waals surface area contributed by atoms with E-state index >= 15 is 0 Å². The molecule has 1 aromatic heterocycles. The minimum Gasteiger partial charge on any atom is -0.494 e. The van der Waals surface area contributed by atoms with Crippen LogP contribution in [-0.2, 0) is 10.6 Å².